The van der Waals surface area contributed by atoms with E-state index >= 15 is 0 Å². The van der Waals surface area contributed by atoms with Crippen LogP contribution in [0.2, 0.25) is 0 Å². The van der Waals surface area contributed by atoms with Gasteiger partial charge in [-0.1, -0.05) is 41.2 Å². The van der Waals surface area contributed by atoms with Gasteiger partial charge in [0.25, 0.3) is 0 Å². The smallest absolute Gasteiger partial charge is 0.0898 e. The molecule has 0 aliphatic heterocycles. The van der Waals surface area contributed by atoms with Crippen molar-refractivity contribution in [3.05, 3.63) is 12.8 Å². The first-order chi connectivity index (χ1) is 7.45. The van der Waals surface area contributed by atoms with Gasteiger partial charge in [0, 0.05) is 0 Å². The summed E-state index contributed by atoms with van der Waals surface area (Å²) >= 11 is 0. The van der Waals surface area contributed by atoms with Crippen molar-refractivity contribution in [3.63, 3.8) is 0 Å². The third-order valence-corrected chi connectivity index (χ3v) is 2.98. The zero-order valence-electron chi connectivity index (χ0n) is 11.8. The molecule has 0 aromatic rings. The van der Waals surface area contributed by atoms with Gasteiger partial charge in [-0.05, 0) is 42.9 Å². The highest BCUT2D eigenvalue weighted by Gasteiger charge is 2.13. The lowest BCUT2D eigenvalue weighted by atomic mass is 9.86. The molecule has 0 aliphatic carbocycles. The van der Waals surface area contributed by atoms with E-state index < -0.39 is 0 Å². The molecule has 1 heteroatoms. The van der Waals surface area contributed by atoms with Gasteiger partial charge in [0.05, 0.1) is 12.9 Å². The first-order valence-electron chi connectivity index (χ1n) is 6.68. The van der Waals surface area contributed by atoms with Crippen LogP contribution in [0.5, 0.6) is 0 Å². The summed E-state index contributed by atoms with van der Waals surface area (Å²) < 4.78 is 5.23. The maximum Gasteiger partial charge on any atom is 0.0898 e. The standard InChI is InChI=1S/C15H30O/c1-7-16-11-15(6)10-14(5)9-13(4)8-12(2)3/h7,12-15H,1,8-11H2,2-6H3. The fraction of sp³-hybridized carbons (Fsp3) is 0.867. The van der Waals surface area contributed by atoms with E-state index in [4.69, 9.17) is 4.74 Å². The van der Waals surface area contributed by atoms with Crippen LogP contribution in [0.25, 0.3) is 0 Å². The molecule has 1 nitrogen and oxygen atoms in total. The largest absolute Gasteiger partial charge is 0.502 e. The average Bonchev–Trinajstić information content (AvgIpc) is 2.12. The Morgan fingerprint density at radius 1 is 0.875 bits per heavy atom. The van der Waals surface area contributed by atoms with Crippen LogP contribution in [-0.2, 0) is 4.74 Å². The number of hydrogen-bond donors (Lipinski definition) is 0. The Bertz CT molecular complexity index is 174. The van der Waals surface area contributed by atoms with Crippen LogP contribution in [0.3, 0.4) is 0 Å². The normalized spacial score (nSPS) is 16.9. The molecule has 0 aromatic heterocycles. The Labute approximate surface area is 102 Å². The molecule has 3 atom stereocenters. The fourth-order valence-electron chi connectivity index (χ4n) is 2.67. The Hall–Kier alpha value is -0.460. The molecule has 0 amide bonds. The summed E-state index contributed by atoms with van der Waals surface area (Å²) in [6, 6.07) is 0. The van der Waals surface area contributed by atoms with E-state index in [1.54, 1.807) is 6.26 Å². The molecule has 96 valence electrons. The van der Waals surface area contributed by atoms with Crippen LogP contribution in [-0.4, -0.2) is 6.61 Å². The third-order valence-electron chi connectivity index (χ3n) is 2.98. The first kappa shape index (κ1) is 15.5. The maximum atomic E-state index is 5.23. The Balaban J connectivity index is 3.70. The van der Waals surface area contributed by atoms with Crippen molar-refractivity contribution >= 4 is 0 Å². The lowest BCUT2D eigenvalue weighted by Gasteiger charge is -2.21. The zero-order valence-corrected chi connectivity index (χ0v) is 11.8. The lowest BCUT2D eigenvalue weighted by molar-refractivity contribution is 0.181. The second kappa shape index (κ2) is 8.66. The minimum atomic E-state index is 0.638. The van der Waals surface area contributed by atoms with Crippen LogP contribution < -0.4 is 0 Å². The third kappa shape index (κ3) is 8.82. The molecule has 3 unspecified atom stereocenters. The van der Waals surface area contributed by atoms with Crippen molar-refractivity contribution in [2.75, 3.05) is 6.61 Å². The van der Waals surface area contributed by atoms with Crippen LogP contribution in [0.1, 0.15) is 53.9 Å². The minimum absolute atomic E-state index is 0.638. The van der Waals surface area contributed by atoms with Gasteiger partial charge in [0.15, 0.2) is 0 Å². The van der Waals surface area contributed by atoms with Gasteiger partial charge in [-0.25, -0.2) is 0 Å². The molecule has 0 N–H and O–H groups in total. The zero-order chi connectivity index (χ0) is 12.6. The molecule has 0 rings (SSSR count). The molecule has 0 saturated carbocycles. The topological polar surface area (TPSA) is 9.23 Å². The predicted octanol–water partition coefficient (Wildman–Crippen LogP) is 4.88. The van der Waals surface area contributed by atoms with Gasteiger partial charge in [-0.3, -0.25) is 0 Å². The van der Waals surface area contributed by atoms with Gasteiger partial charge in [0.2, 0.25) is 0 Å². The van der Waals surface area contributed by atoms with E-state index in [1.165, 1.54) is 19.3 Å². The van der Waals surface area contributed by atoms with Crippen molar-refractivity contribution in [3.8, 4) is 0 Å². The summed E-state index contributed by atoms with van der Waals surface area (Å²) in [5, 5.41) is 0. The van der Waals surface area contributed by atoms with E-state index in [2.05, 4.69) is 41.2 Å². The SMILES string of the molecule is C=COCC(C)CC(C)CC(C)CC(C)C. The number of hydrogen-bond acceptors (Lipinski definition) is 1. The molecule has 0 bridgehead atoms. The summed E-state index contributed by atoms with van der Waals surface area (Å²) in [6.45, 7) is 16.0. The summed E-state index contributed by atoms with van der Waals surface area (Å²) in [7, 11) is 0. The molecule has 0 aliphatic rings. The highest BCUT2D eigenvalue weighted by atomic mass is 16.5. The summed E-state index contributed by atoms with van der Waals surface area (Å²) in [5.41, 5.74) is 0. The number of ether oxygens (including phenoxy) is 1. The average molecular weight is 226 g/mol. The highest BCUT2D eigenvalue weighted by Crippen LogP contribution is 2.24. The highest BCUT2D eigenvalue weighted by molar-refractivity contribution is 4.65. The van der Waals surface area contributed by atoms with Gasteiger partial charge < -0.3 is 4.74 Å². The van der Waals surface area contributed by atoms with E-state index in [-0.39, 0.29) is 0 Å². The summed E-state index contributed by atoms with van der Waals surface area (Å²) in [4.78, 5) is 0. The molecule has 0 heterocycles. The monoisotopic (exact) mass is 226 g/mol. The molecule has 0 aromatic carbocycles. The first-order valence-corrected chi connectivity index (χ1v) is 6.68. The Morgan fingerprint density at radius 2 is 1.38 bits per heavy atom. The minimum Gasteiger partial charge on any atom is -0.502 e. The van der Waals surface area contributed by atoms with Crippen molar-refractivity contribution in [1.82, 2.24) is 0 Å². The number of rotatable bonds is 9. The molecular weight excluding hydrogens is 196 g/mol. The van der Waals surface area contributed by atoms with Gasteiger partial charge in [-0.15, -0.1) is 0 Å². The molecular formula is C15H30O. The molecule has 0 spiro atoms. The summed E-state index contributed by atoms with van der Waals surface area (Å²) in [5.74, 6) is 3.11. The van der Waals surface area contributed by atoms with Crippen molar-refractivity contribution in [2.24, 2.45) is 23.7 Å². The summed E-state index contributed by atoms with van der Waals surface area (Å²) in [6.07, 6.45) is 5.50. The molecule has 0 saturated heterocycles. The maximum absolute atomic E-state index is 5.23. The van der Waals surface area contributed by atoms with Crippen molar-refractivity contribution in [2.45, 2.75) is 53.9 Å². The van der Waals surface area contributed by atoms with E-state index in [1.807, 2.05) is 0 Å². The van der Waals surface area contributed by atoms with E-state index in [0.29, 0.717) is 5.92 Å². The van der Waals surface area contributed by atoms with Crippen molar-refractivity contribution in [1.29, 1.82) is 0 Å². The molecule has 0 radical (unpaired) electrons. The van der Waals surface area contributed by atoms with Crippen molar-refractivity contribution < 1.29 is 4.74 Å². The second-order valence-corrected chi connectivity index (χ2v) is 5.92. The van der Waals surface area contributed by atoms with E-state index in [9.17, 15) is 0 Å². The van der Waals surface area contributed by atoms with Crippen LogP contribution >= 0.6 is 0 Å². The van der Waals surface area contributed by atoms with E-state index in [0.717, 1.165) is 24.4 Å². The Morgan fingerprint density at radius 3 is 1.88 bits per heavy atom. The van der Waals surface area contributed by atoms with Crippen LogP contribution in [0, 0.1) is 23.7 Å². The Kier molecular flexibility index (Phi) is 8.42. The second-order valence-electron chi connectivity index (χ2n) is 5.92. The molecule has 16 heavy (non-hydrogen) atoms. The quantitative estimate of drug-likeness (QED) is 0.509. The van der Waals surface area contributed by atoms with Gasteiger partial charge in [-0.2, -0.15) is 0 Å². The fourth-order valence-corrected chi connectivity index (χ4v) is 2.67. The predicted molar refractivity (Wildman–Crippen MR) is 72.3 cm³/mol. The molecule has 0 fully saturated rings. The van der Waals surface area contributed by atoms with Crippen LogP contribution in [0.15, 0.2) is 12.8 Å². The van der Waals surface area contributed by atoms with Crippen LogP contribution in [0.4, 0.5) is 0 Å². The van der Waals surface area contributed by atoms with Gasteiger partial charge >= 0.3 is 0 Å². The lowest BCUT2D eigenvalue weighted by Crippen LogP contribution is -2.12. The van der Waals surface area contributed by atoms with Gasteiger partial charge in [0.1, 0.15) is 0 Å².